The molecular formula is C20H22BrClN2O2. The van der Waals surface area contributed by atoms with Gasteiger partial charge in [0.2, 0.25) is 5.91 Å². The molecule has 26 heavy (non-hydrogen) atoms. The molecule has 138 valence electrons. The molecule has 2 aromatic rings. The lowest BCUT2D eigenvalue weighted by Gasteiger charge is -2.25. The maximum atomic E-state index is 12.6. The van der Waals surface area contributed by atoms with Gasteiger partial charge in [0.1, 0.15) is 0 Å². The minimum absolute atomic E-state index is 0.0804. The number of nitrogens with zero attached hydrogens (tertiary/aromatic N) is 1. The zero-order chi connectivity index (χ0) is 18.4. The number of nitrogens with one attached hydrogen (secondary N) is 1. The molecule has 1 unspecified atom stereocenters. The number of anilines is 1. The van der Waals surface area contributed by atoms with E-state index in [1.807, 2.05) is 24.3 Å². The number of amides is 1. The predicted molar refractivity (Wildman–Crippen MR) is 108 cm³/mol. The maximum absolute atomic E-state index is 12.6. The molecule has 1 fully saturated rings. The van der Waals surface area contributed by atoms with E-state index >= 15 is 0 Å². The Kier molecular flexibility index (Phi) is 7.08. The highest BCUT2D eigenvalue weighted by atomic mass is 79.9. The first-order valence-electron chi connectivity index (χ1n) is 8.73. The quantitative estimate of drug-likeness (QED) is 0.681. The molecule has 1 aliphatic heterocycles. The molecule has 1 saturated heterocycles. The molecule has 1 aliphatic rings. The molecule has 1 N–H and O–H groups in total. The Morgan fingerprint density at radius 3 is 2.77 bits per heavy atom. The molecule has 0 bridgehead atoms. The van der Waals surface area contributed by atoms with E-state index in [2.05, 4.69) is 38.3 Å². The third-order valence-corrected chi connectivity index (χ3v) is 5.11. The first-order valence-corrected chi connectivity index (χ1v) is 9.90. The van der Waals surface area contributed by atoms with Crippen molar-refractivity contribution >= 4 is 39.1 Å². The average Bonchev–Trinajstić information content (AvgIpc) is 3.11. The monoisotopic (exact) mass is 436 g/mol. The van der Waals surface area contributed by atoms with Crippen LogP contribution in [0.5, 0.6) is 0 Å². The van der Waals surface area contributed by atoms with Crippen LogP contribution in [0.15, 0.2) is 53.0 Å². The average molecular weight is 438 g/mol. The first kappa shape index (κ1) is 19.4. The van der Waals surface area contributed by atoms with Gasteiger partial charge in [0, 0.05) is 24.2 Å². The summed E-state index contributed by atoms with van der Waals surface area (Å²) in [7, 11) is 0. The van der Waals surface area contributed by atoms with Crippen molar-refractivity contribution in [3.8, 4) is 0 Å². The lowest BCUT2D eigenvalue weighted by molar-refractivity contribution is -0.117. The van der Waals surface area contributed by atoms with Crippen LogP contribution in [-0.2, 0) is 16.1 Å². The van der Waals surface area contributed by atoms with Gasteiger partial charge in [0.15, 0.2) is 0 Å². The van der Waals surface area contributed by atoms with Gasteiger partial charge in [-0.25, -0.2) is 0 Å². The van der Waals surface area contributed by atoms with Gasteiger partial charge >= 0.3 is 0 Å². The largest absolute Gasteiger partial charge is 0.377 e. The Morgan fingerprint density at radius 2 is 2.08 bits per heavy atom. The van der Waals surface area contributed by atoms with Crippen LogP contribution in [0.4, 0.5) is 5.69 Å². The summed E-state index contributed by atoms with van der Waals surface area (Å²) < 4.78 is 6.63. The topological polar surface area (TPSA) is 41.6 Å². The zero-order valence-electron chi connectivity index (χ0n) is 14.5. The molecule has 6 heteroatoms. The van der Waals surface area contributed by atoms with Crippen molar-refractivity contribution in [3.63, 3.8) is 0 Å². The molecule has 0 aliphatic carbocycles. The molecule has 2 aromatic carbocycles. The van der Waals surface area contributed by atoms with Crippen molar-refractivity contribution in [2.75, 3.05) is 25.0 Å². The van der Waals surface area contributed by atoms with Gasteiger partial charge in [-0.15, -0.1) is 0 Å². The third-order valence-electron chi connectivity index (χ3n) is 4.31. The number of ether oxygens (including phenoxy) is 1. The first-order chi connectivity index (χ1) is 12.6. The van der Waals surface area contributed by atoms with Gasteiger partial charge < -0.3 is 10.1 Å². The second-order valence-corrected chi connectivity index (χ2v) is 7.79. The van der Waals surface area contributed by atoms with Crippen LogP contribution in [0, 0.1) is 0 Å². The van der Waals surface area contributed by atoms with Crippen LogP contribution >= 0.6 is 27.5 Å². The van der Waals surface area contributed by atoms with Crippen LogP contribution in [0.1, 0.15) is 18.4 Å². The Morgan fingerprint density at radius 1 is 1.27 bits per heavy atom. The van der Waals surface area contributed by atoms with Crippen LogP contribution in [0.2, 0.25) is 5.02 Å². The molecule has 0 aromatic heterocycles. The highest BCUT2D eigenvalue weighted by Gasteiger charge is 2.21. The number of halogens is 2. The Hall–Kier alpha value is -1.40. The fourth-order valence-corrected chi connectivity index (χ4v) is 3.81. The van der Waals surface area contributed by atoms with Gasteiger partial charge in [-0.3, -0.25) is 9.69 Å². The zero-order valence-corrected chi connectivity index (χ0v) is 16.8. The number of benzene rings is 2. The number of rotatable bonds is 7. The summed E-state index contributed by atoms with van der Waals surface area (Å²) >= 11 is 9.57. The standard InChI is InChI=1S/C20H22BrClN2O2/c21-16-8-9-19(18(22)11-16)23-20(25)14-24(13-17-7-4-10-26-17)12-15-5-2-1-3-6-15/h1-3,5-6,8-9,11,17H,4,7,10,12-14H2,(H,23,25). The van der Waals surface area contributed by atoms with E-state index in [-0.39, 0.29) is 12.0 Å². The maximum Gasteiger partial charge on any atom is 0.238 e. The van der Waals surface area contributed by atoms with E-state index < -0.39 is 0 Å². The minimum Gasteiger partial charge on any atom is -0.377 e. The van der Waals surface area contributed by atoms with Crippen LogP contribution in [0.25, 0.3) is 0 Å². The van der Waals surface area contributed by atoms with E-state index in [0.29, 0.717) is 23.8 Å². The van der Waals surface area contributed by atoms with Crippen molar-refractivity contribution in [1.29, 1.82) is 0 Å². The van der Waals surface area contributed by atoms with Gasteiger partial charge in [0.05, 0.1) is 23.4 Å². The van der Waals surface area contributed by atoms with Crippen molar-refractivity contribution in [2.24, 2.45) is 0 Å². The molecule has 4 nitrogen and oxygen atoms in total. The summed E-state index contributed by atoms with van der Waals surface area (Å²) in [6.45, 7) is 2.56. The number of carbonyl (C=O) groups excluding carboxylic acids is 1. The number of hydrogen-bond donors (Lipinski definition) is 1. The molecule has 0 spiro atoms. The molecule has 3 rings (SSSR count). The fourth-order valence-electron chi connectivity index (χ4n) is 3.09. The highest BCUT2D eigenvalue weighted by molar-refractivity contribution is 9.10. The van der Waals surface area contributed by atoms with Crippen LogP contribution in [-0.4, -0.2) is 36.6 Å². The molecule has 1 atom stereocenters. The summed E-state index contributed by atoms with van der Waals surface area (Å²) in [4.78, 5) is 14.7. The SMILES string of the molecule is O=C(CN(Cc1ccccc1)CC1CCCO1)Nc1ccc(Br)cc1Cl. The van der Waals surface area contributed by atoms with E-state index in [9.17, 15) is 4.79 Å². The van der Waals surface area contributed by atoms with E-state index in [1.54, 1.807) is 12.1 Å². The lowest BCUT2D eigenvalue weighted by atomic mass is 10.2. The smallest absolute Gasteiger partial charge is 0.238 e. The summed E-state index contributed by atoms with van der Waals surface area (Å²) in [5.74, 6) is -0.0804. The number of hydrogen-bond acceptors (Lipinski definition) is 3. The van der Waals surface area contributed by atoms with Gasteiger partial charge in [0.25, 0.3) is 0 Å². The van der Waals surface area contributed by atoms with Gasteiger partial charge in [-0.1, -0.05) is 57.9 Å². The summed E-state index contributed by atoms with van der Waals surface area (Å²) in [6, 6.07) is 15.6. The Bertz CT molecular complexity index is 736. The van der Waals surface area contributed by atoms with E-state index in [0.717, 1.165) is 30.5 Å². The lowest BCUT2D eigenvalue weighted by Crippen LogP contribution is -2.38. The third kappa shape index (κ3) is 5.81. The van der Waals surface area contributed by atoms with Crippen molar-refractivity contribution in [3.05, 3.63) is 63.6 Å². The van der Waals surface area contributed by atoms with Gasteiger partial charge in [-0.05, 0) is 36.6 Å². The second kappa shape index (κ2) is 9.51. The number of carbonyl (C=O) groups is 1. The van der Waals surface area contributed by atoms with Crippen LogP contribution < -0.4 is 5.32 Å². The normalized spacial score (nSPS) is 16.8. The molecule has 1 heterocycles. The summed E-state index contributed by atoms with van der Waals surface area (Å²) in [5.41, 5.74) is 1.80. The van der Waals surface area contributed by atoms with Gasteiger partial charge in [-0.2, -0.15) is 0 Å². The fraction of sp³-hybridized carbons (Fsp3) is 0.350. The second-order valence-electron chi connectivity index (χ2n) is 6.46. The molecule has 0 saturated carbocycles. The Labute approximate surface area is 167 Å². The predicted octanol–water partition coefficient (Wildman–Crippen LogP) is 4.72. The molecule has 1 amide bonds. The molecular weight excluding hydrogens is 416 g/mol. The van der Waals surface area contributed by atoms with Crippen molar-refractivity contribution in [1.82, 2.24) is 4.90 Å². The Balaban J connectivity index is 1.64. The minimum atomic E-state index is -0.0804. The van der Waals surface area contributed by atoms with Crippen molar-refractivity contribution < 1.29 is 9.53 Å². The molecule has 0 radical (unpaired) electrons. The van der Waals surface area contributed by atoms with Crippen molar-refractivity contribution in [2.45, 2.75) is 25.5 Å². The summed E-state index contributed by atoms with van der Waals surface area (Å²) in [5, 5.41) is 3.42. The van der Waals surface area contributed by atoms with E-state index in [1.165, 1.54) is 5.56 Å². The van der Waals surface area contributed by atoms with E-state index in [4.69, 9.17) is 16.3 Å². The summed E-state index contributed by atoms with van der Waals surface area (Å²) in [6.07, 6.45) is 2.33. The van der Waals surface area contributed by atoms with Crippen LogP contribution in [0.3, 0.4) is 0 Å². The highest BCUT2D eigenvalue weighted by Crippen LogP contribution is 2.25.